The highest BCUT2D eigenvalue weighted by Gasteiger charge is 2.23. The van der Waals surface area contributed by atoms with Crippen LogP contribution in [0.25, 0.3) is 0 Å². The van der Waals surface area contributed by atoms with Gasteiger partial charge in [0.2, 0.25) is 5.95 Å². The second kappa shape index (κ2) is 5.25. The summed E-state index contributed by atoms with van der Waals surface area (Å²) in [6, 6.07) is 0. The second-order valence-corrected chi connectivity index (χ2v) is 5.63. The van der Waals surface area contributed by atoms with Crippen molar-refractivity contribution in [1.29, 1.82) is 0 Å². The minimum atomic E-state index is 0.288. The molecule has 2 saturated heterocycles. The number of likely N-dealkylation sites (tertiary alicyclic amines) is 1. The minimum Gasteiger partial charge on any atom is -0.333 e. The first-order chi connectivity index (χ1) is 9.22. The number of carbonyl (C=O) groups excluding carboxylic acids is 1. The zero-order chi connectivity index (χ0) is 13.2. The second-order valence-electron chi connectivity index (χ2n) is 5.63. The van der Waals surface area contributed by atoms with Crippen molar-refractivity contribution >= 4 is 11.7 Å². The van der Waals surface area contributed by atoms with Crippen molar-refractivity contribution in [2.24, 2.45) is 0 Å². The lowest BCUT2D eigenvalue weighted by Gasteiger charge is -2.25. The number of carbonyl (C=O) groups is 1. The Morgan fingerprint density at radius 3 is 2.68 bits per heavy atom. The molecule has 2 aliphatic heterocycles. The molecular formula is C14H20N4O. The van der Waals surface area contributed by atoms with E-state index in [0.29, 0.717) is 24.8 Å². The molecule has 1 unspecified atom stereocenters. The molecule has 0 N–H and O–H groups in total. The van der Waals surface area contributed by atoms with Gasteiger partial charge in [0.15, 0.2) is 5.78 Å². The molecule has 0 bridgehead atoms. The van der Waals surface area contributed by atoms with Crippen molar-refractivity contribution in [2.45, 2.75) is 25.2 Å². The number of ketones is 1. The maximum absolute atomic E-state index is 11.5. The number of anilines is 1. The van der Waals surface area contributed by atoms with Gasteiger partial charge in [0.1, 0.15) is 0 Å². The third kappa shape index (κ3) is 2.76. The summed E-state index contributed by atoms with van der Waals surface area (Å²) in [6.07, 6.45) is 6.66. The molecule has 0 aromatic carbocycles. The number of hydrogen-bond acceptors (Lipinski definition) is 5. The van der Waals surface area contributed by atoms with Gasteiger partial charge in [-0.2, -0.15) is 0 Å². The SMILES string of the molecule is CN1CCC(c2cnc(N3CCCC(=O)C3)nc2)C1. The summed E-state index contributed by atoms with van der Waals surface area (Å²) in [5, 5.41) is 0. The van der Waals surface area contributed by atoms with Gasteiger partial charge in [-0.3, -0.25) is 4.79 Å². The maximum Gasteiger partial charge on any atom is 0.225 e. The number of piperidine rings is 1. The van der Waals surface area contributed by atoms with Gasteiger partial charge < -0.3 is 9.80 Å². The van der Waals surface area contributed by atoms with Crippen LogP contribution in [0.15, 0.2) is 12.4 Å². The van der Waals surface area contributed by atoms with E-state index in [4.69, 9.17) is 0 Å². The van der Waals surface area contributed by atoms with E-state index in [0.717, 1.165) is 26.1 Å². The molecule has 1 aromatic heterocycles. The lowest BCUT2D eigenvalue weighted by molar-refractivity contribution is -0.118. The summed E-state index contributed by atoms with van der Waals surface area (Å²) in [6.45, 7) is 3.58. The Morgan fingerprint density at radius 1 is 1.26 bits per heavy atom. The van der Waals surface area contributed by atoms with Crippen molar-refractivity contribution in [2.75, 3.05) is 38.1 Å². The predicted molar refractivity (Wildman–Crippen MR) is 73.3 cm³/mol. The van der Waals surface area contributed by atoms with E-state index in [-0.39, 0.29) is 5.78 Å². The van der Waals surface area contributed by atoms with E-state index in [1.165, 1.54) is 12.0 Å². The Labute approximate surface area is 113 Å². The molecule has 102 valence electrons. The number of nitrogens with zero attached hydrogens (tertiary/aromatic N) is 4. The van der Waals surface area contributed by atoms with Gasteiger partial charge in [-0.25, -0.2) is 9.97 Å². The van der Waals surface area contributed by atoms with Crippen LogP contribution >= 0.6 is 0 Å². The Hall–Kier alpha value is -1.49. The van der Waals surface area contributed by atoms with E-state index in [1.807, 2.05) is 17.3 Å². The number of Topliss-reactive ketones (excluding diaryl/α,β-unsaturated/α-hetero) is 1. The molecule has 19 heavy (non-hydrogen) atoms. The Kier molecular flexibility index (Phi) is 3.46. The van der Waals surface area contributed by atoms with Crippen LogP contribution in [0.5, 0.6) is 0 Å². The molecular weight excluding hydrogens is 240 g/mol. The fourth-order valence-corrected chi connectivity index (χ4v) is 2.92. The molecule has 2 fully saturated rings. The fraction of sp³-hybridized carbons (Fsp3) is 0.643. The summed E-state index contributed by atoms with van der Waals surface area (Å²) in [4.78, 5) is 24.7. The molecule has 3 rings (SSSR count). The summed E-state index contributed by atoms with van der Waals surface area (Å²) < 4.78 is 0. The van der Waals surface area contributed by atoms with E-state index in [9.17, 15) is 4.79 Å². The van der Waals surface area contributed by atoms with E-state index in [1.54, 1.807) is 0 Å². The first-order valence-electron chi connectivity index (χ1n) is 6.99. The molecule has 0 amide bonds. The average Bonchev–Trinajstić information content (AvgIpc) is 2.86. The van der Waals surface area contributed by atoms with Crippen molar-refractivity contribution in [3.63, 3.8) is 0 Å². The normalized spacial score (nSPS) is 25.0. The largest absolute Gasteiger partial charge is 0.333 e. The first kappa shape index (κ1) is 12.5. The zero-order valence-electron chi connectivity index (χ0n) is 11.4. The van der Waals surface area contributed by atoms with Crippen LogP contribution in [0.4, 0.5) is 5.95 Å². The number of rotatable bonds is 2. The van der Waals surface area contributed by atoms with Crippen LogP contribution in [-0.4, -0.2) is 53.9 Å². The fourth-order valence-electron chi connectivity index (χ4n) is 2.92. The van der Waals surface area contributed by atoms with Crippen molar-refractivity contribution in [3.05, 3.63) is 18.0 Å². The molecule has 5 heteroatoms. The summed E-state index contributed by atoms with van der Waals surface area (Å²) >= 11 is 0. The average molecular weight is 260 g/mol. The molecule has 0 aliphatic carbocycles. The highest BCUT2D eigenvalue weighted by Crippen LogP contribution is 2.25. The third-order valence-corrected chi connectivity index (χ3v) is 4.05. The Balaban J connectivity index is 1.70. The van der Waals surface area contributed by atoms with Crippen LogP contribution < -0.4 is 4.90 Å². The van der Waals surface area contributed by atoms with Crippen molar-refractivity contribution in [1.82, 2.24) is 14.9 Å². The van der Waals surface area contributed by atoms with Gasteiger partial charge >= 0.3 is 0 Å². The number of likely N-dealkylation sites (N-methyl/N-ethyl adjacent to an activating group) is 1. The summed E-state index contributed by atoms with van der Waals surface area (Å²) in [5.74, 6) is 1.54. The Bertz CT molecular complexity index is 459. The molecule has 2 aliphatic rings. The standard InChI is InChI=1S/C14H20N4O/c1-17-6-4-11(9-17)12-7-15-14(16-8-12)18-5-2-3-13(19)10-18/h7-8,11H,2-6,9-10H2,1H3. The van der Waals surface area contributed by atoms with Crippen LogP contribution in [0.2, 0.25) is 0 Å². The summed E-state index contributed by atoms with van der Waals surface area (Å²) in [5.41, 5.74) is 1.22. The lowest BCUT2D eigenvalue weighted by atomic mass is 10.0. The topological polar surface area (TPSA) is 49.3 Å². The molecule has 5 nitrogen and oxygen atoms in total. The maximum atomic E-state index is 11.5. The first-order valence-corrected chi connectivity index (χ1v) is 6.99. The van der Waals surface area contributed by atoms with Crippen molar-refractivity contribution < 1.29 is 4.79 Å². The molecule has 1 aromatic rings. The van der Waals surface area contributed by atoms with Gasteiger partial charge in [-0.05, 0) is 32.0 Å². The van der Waals surface area contributed by atoms with Gasteiger partial charge in [0.05, 0.1) is 6.54 Å². The molecule has 0 radical (unpaired) electrons. The molecule has 0 spiro atoms. The van der Waals surface area contributed by atoms with Gasteiger partial charge in [-0.15, -0.1) is 0 Å². The number of hydrogen-bond donors (Lipinski definition) is 0. The van der Waals surface area contributed by atoms with Crippen molar-refractivity contribution in [3.8, 4) is 0 Å². The van der Waals surface area contributed by atoms with Crippen LogP contribution in [0.1, 0.15) is 30.7 Å². The van der Waals surface area contributed by atoms with Gasteiger partial charge in [0, 0.05) is 37.8 Å². The van der Waals surface area contributed by atoms with E-state index < -0.39 is 0 Å². The number of aromatic nitrogens is 2. The molecule has 0 saturated carbocycles. The Morgan fingerprint density at radius 2 is 2.05 bits per heavy atom. The monoisotopic (exact) mass is 260 g/mol. The lowest BCUT2D eigenvalue weighted by Crippen LogP contribution is -2.36. The minimum absolute atomic E-state index is 0.288. The van der Waals surface area contributed by atoms with Gasteiger partial charge in [-0.1, -0.05) is 0 Å². The van der Waals surface area contributed by atoms with Gasteiger partial charge in [0.25, 0.3) is 0 Å². The van der Waals surface area contributed by atoms with Crippen LogP contribution in [0, 0.1) is 0 Å². The zero-order valence-corrected chi connectivity index (χ0v) is 11.4. The highest BCUT2D eigenvalue weighted by molar-refractivity contribution is 5.84. The molecule has 3 heterocycles. The summed E-state index contributed by atoms with van der Waals surface area (Å²) in [7, 11) is 2.15. The smallest absolute Gasteiger partial charge is 0.225 e. The van der Waals surface area contributed by atoms with E-state index in [2.05, 4.69) is 21.9 Å². The third-order valence-electron chi connectivity index (χ3n) is 4.05. The van der Waals surface area contributed by atoms with E-state index >= 15 is 0 Å². The quantitative estimate of drug-likeness (QED) is 0.796. The predicted octanol–water partition coefficient (Wildman–Crippen LogP) is 1.06. The molecule has 1 atom stereocenters. The van der Waals surface area contributed by atoms with Crippen LogP contribution in [0.3, 0.4) is 0 Å². The van der Waals surface area contributed by atoms with Crippen LogP contribution in [-0.2, 0) is 4.79 Å². The highest BCUT2D eigenvalue weighted by atomic mass is 16.1.